The minimum atomic E-state index is -0.341. The highest BCUT2D eigenvalue weighted by atomic mass is 16.2. The third-order valence-corrected chi connectivity index (χ3v) is 4.02. The molecule has 0 saturated carbocycles. The Balaban J connectivity index is 2.22. The molecule has 0 aliphatic carbocycles. The van der Waals surface area contributed by atoms with E-state index >= 15 is 0 Å². The SMILES string of the molecule is CCN1CCCC1CNC(=NC)NCCNC(=O)C(C)(C)C. The van der Waals surface area contributed by atoms with Crippen molar-refractivity contribution >= 4 is 11.9 Å². The van der Waals surface area contributed by atoms with E-state index in [1.54, 1.807) is 7.05 Å². The zero-order valence-corrected chi connectivity index (χ0v) is 14.8. The fourth-order valence-electron chi connectivity index (χ4n) is 2.60. The van der Waals surface area contributed by atoms with Gasteiger partial charge in [-0.05, 0) is 25.9 Å². The first kappa shape index (κ1) is 18.7. The molecule has 1 saturated heterocycles. The molecular weight excluding hydrogens is 278 g/mol. The average Bonchev–Trinajstić information content (AvgIpc) is 2.92. The van der Waals surface area contributed by atoms with Crippen LogP contribution in [0.25, 0.3) is 0 Å². The summed E-state index contributed by atoms with van der Waals surface area (Å²) in [5.74, 6) is 0.870. The number of nitrogens with one attached hydrogen (secondary N) is 3. The molecular formula is C16H33N5O. The van der Waals surface area contributed by atoms with Crippen molar-refractivity contribution < 1.29 is 4.79 Å². The second-order valence-electron chi connectivity index (χ2n) is 6.81. The molecule has 6 heteroatoms. The summed E-state index contributed by atoms with van der Waals surface area (Å²) in [6.45, 7) is 12.5. The Morgan fingerprint density at radius 2 is 1.91 bits per heavy atom. The molecule has 1 fully saturated rings. The second kappa shape index (κ2) is 8.98. The Kier molecular flexibility index (Phi) is 7.65. The molecule has 0 spiro atoms. The third kappa shape index (κ3) is 6.22. The zero-order valence-electron chi connectivity index (χ0n) is 14.8. The molecule has 22 heavy (non-hydrogen) atoms. The molecule has 0 aromatic rings. The molecule has 0 aromatic heterocycles. The van der Waals surface area contributed by atoms with Crippen molar-refractivity contribution in [2.75, 3.05) is 39.8 Å². The van der Waals surface area contributed by atoms with Crippen LogP contribution in [-0.4, -0.2) is 62.6 Å². The molecule has 1 aliphatic heterocycles. The summed E-state index contributed by atoms with van der Waals surface area (Å²) >= 11 is 0. The van der Waals surface area contributed by atoms with Crippen molar-refractivity contribution in [1.82, 2.24) is 20.9 Å². The highest BCUT2D eigenvalue weighted by molar-refractivity contribution is 5.81. The van der Waals surface area contributed by atoms with Gasteiger partial charge in [-0.3, -0.25) is 14.7 Å². The first-order valence-electron chi connectivity index (χ1n) is 8.35. The summed E-state index contributed by atoms with van der Waals surface area (Å²) in [5.41, 5.74) is -0.341. The van der Waals surface area contributed by atoms with Crippen LogP contribution in [-0.2, 0) is 4.79 Å². The Hall–Kier alpha value is -1.30. The lowest BCUT2D eigenvalue weighted by Crippen LogP contribution is -2.47. The molecule has 1 aliphatic rings. The van der Waals surface area contributed by atoms with E-state index in [1.807, 2.05) is 20.8 Å². The van der Waals surface area contributed by atoms with Crippen molar-refractivity contribution in [3.63, 3.8) is 0 Å². The van der Waals surface area contributed by atoms with Crippen LogP contribution in [0.15, 0.2) is 4.99 Å². The van der Waals surface area contributed by atoms with E-state index in [0.717, 1.165) is 19.0 Å². The van der Waals surface area contributed by atoms with Gasteiger partial charge in [-0.2, -0.15) is 0 Å². The van der Waals surface area contributed by atoms with E-state index in [0.29, 0.717) is 19.1 Å². The summed E-state index contributed by atoms with van der Waals surface area (Å²) in [7, 11) is 1.77. The van der Waals surface area contributed by atoms with Gasteiger partial charge in [0.15, 0.2) is 5.96 Å². The predicted molar refractivity (Wildman–Crippen MR) is 92.1 cm³/mol. The third-order valence-electron chi connectivity index (χ3n) is 4.02. The maximum absolute atomic E-state index is 11.8. The standard InChI is InChI=1S/C16H33N5O/c1-6-21-11-7-8-13(21)12-20-15(17-5)19-10-9-18-14(22)16(2,3)4/h13H,6-12H2,1-5H3,(H,18,22)(H2,17,19,20). The fourth-order valence-corrected chi connectivity index (χ4v) is 2.60. The molecule has 1 rings (SSSR count). The number of hydrogen-bond donors (Lipinski definition) is 3. The first-order chi connectivity index (χ1) is 10.4. The van der Waals surface area contributed by atoms with Crippen LogP contribution in [0.1, 0.15) is 40.5 Å². The zero-order chi connectivity index (χ0) is 16.6. The number of nitrogens with zero attached hydrogens (tertiary/aromatic N) is 2. The van der Waals surface area contributed by atoms with Gasteiger partial charge in [0.25, 0.3) is 0 Å². The van der Waals surface area contributed by atoms with Crippen LogP contribution >= 0.6 is 0 Å². The number of likely N-dealkylation sites (N-methyl/N-ethyl adjacent to an activating group) is 1. The largest absolute Gasteiger partial charge is 0.355 e. The van der Waals surface area contributed by atoms with Gasteiger partial charge in [-0.25, -0.2) is 0 Å². The summed E-state index contributed by atoms with van der Waals surface area (Å²) in [5, 5.41) is 9.54. The molecule has 128 valence electrons. The van der Waals surface area contributed by atoms with Crippen LogP contribution in [0.5, 0.6) is 0 Å². The topological polar surface area (TPSA) is 68.8 Å². The van der Waals surface area contributed by atoms with Gasteiger partial charge in [-0.1, -0.05) is 27.7 Å². The summed E-state index contributed by atoms with van der Waals surface area (Å²) in [6.07, 6.45) is 2.53. The van der Waals surface area contributed by atoms with Crippen LogP contribution < -0.4 is 16.0 Å². The Morgan fingerprint density at radius 1 is 1.23 bits per heavy atom. The number of rotatable bonds is 6. The molecule has 0 radical (unpaired) electrons. The van der Waals surface area contributed by atoms with E-state index in [9.17, 15) is 4.79 Å². The van der Waals surface area contributed by atoms with Crippen molar-refractivity contribution in [3.05, 3.63) is 0 Å². The smallest absolute Gasteiger partial charge is 0.225 e. The minimum Gasteiger partial charge on any atom is -0.355 e. The molecule has 1 atom stereocenters. The van der Waals surface area contributed by atoms with E-state index in [-0.39, 0.29) is 11.3 Å². The number of amides is 1. The van der Waals surface area contributed by atoms with Crippen molar-refractivity contribution in [3.8, 4) is 0 Å². The lowest BCUT2D eigenvalue weighted by molar-refractivity contribution is -0.128. The summed E-state index contributed by atoms with van der Waals surface area (Å²) < 4.78 is 0. The molecule has 0 bridgehead atoms. The molecule has 1 amide bonds. The van der Waals surface area contributed by atoms with E-state index < -0.39 is 0 Å². The monoisotopic (exact) mass is 311 g/mol. The van der Waals surface area contributed by atoms with Crippen molar-refractivity contribution in [2.45, 2.75) is 46.6 Å². The van der Waals surface area contributed by atoms with Crippen molar-refractivity contribution in [2.24, 2.45) is 10.4 Å². The molecule has 6 nitrogen and oxygen atoms in total. The molecule has 0 aromatic carbocycles. The maximum atomic E-state index is 11.8. The maximum Gasteiger partial charge on any atom is 0.225 e. The predicted octanol–water partition coefficient (Wildman–Crippen LogP) is 0.798. The van der Waals surface area contributed by atoms with Gasteiger partial charge in [0.05, 0.1) is 0 Å². The Bertz CT molecular complexity index is 375. The average molecular weight is 311 g/mol. The first-order valence-corrected chi connectivity index (χ1v) is 8.35. The molecule has 1 unspecified atom stereocenters. The van der Waals surface area contributed by atoms with Gasteiger partial charge in [0.2, 0.25) is 5.91 Å². The van der Waals surface area contributed by atoms with Crippen molar-refractivity contribution in [1.29, 1.82) is 0 Å². The van der Waals surface area contributed by atoms with Crippen LogP contribution in [0.3, 0.4) is 0 Å². The number of carbonyl (C=O) groups is 1. The fraction of sp³-hybridized carbons (Fsp3) is 0.875. The van der Waals surface area contributed by atoms with Crippen LogP contribution in [0.2, 0.25) is 0 Å². The van der Waals surface area contributed by atoms with E-state index in [1.165, 1.54) is 19.4 Å². The summed E-state index contributed by atoms with van der Waals surface area (Å²) in [6, 6.07) is 0.601. The van der Waals surface area contributed by atoms with Gasteiger partial charge < -0.3 is 16.0 Å². The molecule has 3 N–H and O–H groups in total. The van der Waals surface area contributed by atoms with Crippen LogP contribution in [0, 0.1) is 5.41 Å². The second-order valence-corrected chi connectivity index (χ2v) is 6.81. The minimum absolute atomic E-state index is 0.0711. The highest BCUT2D eigenvalue weighted by Crippen LogP contribution is 2.15. The van der Waals surface area contributed by atoms with E-state index in [4.69, 9.17) is 0 Å². The highest BCUT2D eigenvalue weighted by Gasteiger charge is 2.23. The lowest BCUT2D eigenvalue weighted by atomic mass is 9.96. The Morgan fingerprint density at radius 3 is 2.50 bits per heavy atom. The quantitative estimate of drug-likeness (QED) is 0.385. The van der Waals surface area contributed by atoms with Gasteiger partial charge in [-0.15, -0.1) is 0 Å². The van der Waals surface area contributed by atoms with Crippen LogP contribution in [0.4, 0.5) is 0 Å². The number of aliphatic imine (C=N–C) groups is 1. The number of guanidine groups is 1. The lowest BCUT2D eigenvalue weighted by Gasteiger charge is -2.24. The van der Waals surface area contributed by atoms with E-state index in [2.05, 4.69) is 32.8 Å². The number of likely N-dealkylation sites (tertiary alicyclic amines) is 1. The normalized spacial score (nSPS) is 20.0. The van der Waals surface area contributed by atoms with Gasteiger partial charge in [0.1, 0.15) is 0 Å². The number of carbonyl (C=O) groups excluding carboxylic acids is 1. The summed E-state index contributed by atoms with van der Waals surface area (Å²) in [4.78, 5) is 18.5. The Labute approximate surface area is 135 Å². The van der Waals surface area contributed by atoms with Gasteiger partial charge >= 0.3 is 0 Å². The number of hydrogen-bond acceptors (Lipinski definition) is 3. The molecule has 1 heterocycles. The van der Waals surface area contributed by atoms with Gasteiger partial charge in [0, 0.05) is 38.1 Å².